The first-order valence-electron chi connectivity index (χ1n) is 5.90. The van der Waals surface area contributed by atoms with E-state index in [9.17, 15) is 0 Å². The number of nitrogens with zero attached hydrogens (tertiary/aromatic N) is 4. The Morgan fingerprint density at radius 1 is 1.50 bits per heavy atom. The average molecular weight is 330 g/mol. The first-order chi connectivity index (χ1) is 8.69. The molecule has 1 N–H and O–H groups in total. The van der Waals surface area contributed by atoms with Crippen molar-refractivity contribution in [2.75, 3.05) is 6.54 Å². The molecule has 0 bridgehead atoms. The fraction of sp³-hybridized carbons (Fsp3) is 0.545. The highest BCUT2D eigenvalue weighted by molar-refractivity contribution is 9.10. The summed E-state index contributed by atoms with van der Waals surface area (Å²) in [4.78, 5) is 1.17. The van der Waals surface area contributed by atoms with Gasteiger partial charge in [0, 0.05) is 7.05 Å². The molecule has 18 heavy (non-hydrogen) atoms. The molecular formula is C11H16BrN5S. The number of hydrogen-bond acceptors (Lipinski definition) is 5. The third-order valence-electron chi connectivity index (χ3n) is 2.80. The van der Waals surface area contributed by atoms with Crippen molar-refractivity contribution in [1.29, 1.82) is 0 Å². The van der Waals surface area contributed by atoms with Crippen molar-refractivity contribution >= 4 is 27.5 Å². The lowest BCUT2D eigenvalue weighted by molar-refractivity contribution is 0.573. The molecule has 0 aliphatic rings. The van der Waals surface area contributed by atoms with Crippen molar-refractivity contribution in [2.45, 2.75) is 26.3 Å². The van der Waals surface area contributed by atoms with Gasteiger partial charge in [-0.3, -0.25) is 4.68 Å². The Labute approximate surface area is 119 Å². The van der Waals surface area contributed by atoms with Gasteiger partial charge in [0.05, 0.1) is 33.0 Å². The summed E-state index contributed by atoms with van der Waals surface area (Å²) in [7, 11) is 1.95. The van der Waals surface area contributed by atoms with Gasteiger partial charge in [0.1, 0.15) is 0 Å². The van der Waals surface area contributed by atoms with E-state index in [1.54, 1.807) is 0 Å². The lowest BCUT2D eigenvalue weighted by Gasteiger charge is -2.18. The fourth-order valence-corrected chi connectivity index (χ4v) is 3.34. The highest BCUT2D eigenvalue weighted by Crippen LogP contribution is 2.31. The predicted octanol–water partition coefficient (Wildman–Crippen LogP) is 2.30. The second-order valence-electron chi connectivity index (χ2n) is 3.93. The monoisotopic (exact) mass is 329 g/mol. The Balaban J connectivity index is 2.46. The minimum atomic E-state index is 0.0897. The summed E-state index contributed by atoms with van der Waals surface area (Å²) in [5, 5.41) is 12.0. The van der Waals surface area contributed by atoms with Crippen LogP contribution in [0.4, 0.5) is 0 Å². The van der Waals surface area contributed by atoms with E-state index in [0.717, 1.165) is 28.8 Å². The second kappa shape index (κ2) is 5.90. The lowest BCUT2D eigenvalue weighted by Crippen LogP contribution is -2.24. The van der Waals surface area contributed by atoms with E-state index in [-0.39, 0.29) is 6.04 Å². The van der Waals surface area contributed by atoms with Crippen molar-refractivity contribution < 1.29 is 0 Å². The average Bonchev–Trinajstić information content (AvgIpc) is 2.94. The Morgan fingerprint density at radius 3 is 2.83 bits per heavy atom. The van der Waals surface area contributed by atoms with Crippen LogP contribution in [0.5, 0.6) is 0 Å². The molecular weight excluding hydrogens is 314 g/mol. The molecule has 1 unspecified atom stereocenters. The summed E-state index contributed by atoms with van der Waals surface area (Å²) in [5.74, 6) is 0. The van der Waals surface area contributed by atoms with Crippen LogP contribution < -0.4 is 5.32 Å². The minimum absolute atomic E-state index is 0.0897. The molecule has 0 fully saturated rings. The number of nitrogens with one attached hydrogen (secondary N) is 1. The highest BCUT2D eigenvalue weighted by Gasteiger charge is 2.24. The molecule has 2 heterocycles. The Bertz CT molecular complexity index is 502. The van der Waals surface area contributed by atoms with Gasteiger partial charge in [0.2, 0.25) is 0 Å². The number of aryl methyl sites for hydroxylation is 2. The Kier molecular flexibility index (Phi) is 4.47. The topological polar surface area (TPSA) is 55.6 Å². The zero-order chi connectivity index (χ0) is 13.1. The molecule has 0 saturated carbocycles. The molecule has 98 valence electrons. The maximum absolute atomic E-state index is 4.28. The van der Waals surface area contributed by atoms with Crippen LogP contribution in [-0.2, 0) is 13.5 Å². The van der Waals surface area contributed by atoms with Gasteiger partial charge in [-0.05, 0) is 40.4 Å². The van der Waals surface area contributed by atoms with Gasteiger partial charge in [-0.15, -0.1) is 5.10 Å². The Morgan fingerprint density at radius 2 is 2.28 bits per heavy atom. The van der Waals surface area contributed by atoms with Gasteiger partial charge < -0.3 is 5.32 Å². The summed E-state index contributed by atoms with van der Waals surface area (Å²) >= 11 is 5.01. The number of rotatable bonds is 5. The highest BCUT2D eigenvalue weighted by atomic mass is 79.9. The second-order valence-corrected chi connectivity index (χ2v) is 5.57. The van der Waals surface area contributed by atoms with Gasteiger partial charge in [0.25, 0.3) is 0 Å². The van der Waals surface area contributed by atoms with Crippen LogP contribution in [0.2, 0.25) is 0 Å². The quantitative estimate of drug-likeness (QED) is 0.914. The van der Waals surface area contributed by atoms with Crippen molar-refractivity contribution in [2.24, 2.45) is 7.05 Å². The molecule has 2 aromatic rings. The zero-order valence-electron chi connectivity index (χ0n) is 10.6. The molecule has 0 radical (unpaired) electrons. The van der Waals surface area contributed by atoms with Crippen LogP contribution in [0.25, 0.3) is 0 Å². The van der Waals surface area contributed by atoms with Crippen LogP contribution in [0.3, 0.4) is 0 Å². The van der Waals surface area contributed by atoms with E-state index in [1.807, 2.05) is 17.9 Å². The fourth-order valence-electron chi connectivity index (χ4n) is 1.94. The molecule has 0 aromatic carbocycles. The van der Waals surface area contributed by atoms with Gasteiger partial charge >= 0.3 is 0 Å². The standard InChI is InChI=1S/C11H16BrN5S/c1-4-8-11(18-16-15-8)9(13-5-2)10-7(12)6-14-17(10)3/h6,9,13H,4-5H2,1-3H3. The molecule has 7 heteroatoms. The van der Waals surface area contributed by atoms with Crippen LogP contribution >= 0.6 is 27.5 Å². The molecule has 5 nitrogen and oxygen atoms in total. The van der Waals surface area contributed by atoms with Crippen molar-refractivity contribution in [1.82, 2.24) is 24.7 Å². The Hall–Kier alpha value is -0.790. The predicted molar refractivity (Wildman–Crippen MR) is 75.7 cm³/mol. The molecule has 2 rings (SSSR count). The normalized spacial score (nSPS) is 12.9. The summed E-state index contributed by atoms with van der Waals surface area (Å²) in [6.45, 7) is 5.07. The van der Waals surface area contributed by atoms with E-state index < -0.39 is 0 Å². The molecule has 0 aliphatic heterocycles. The van der Waals surface area contributed by atoms with Crippen LogP contribution in [0.15, 0.2) is 10.7 Å². The summed E-state index contributed by atoms with van der Waals surface area (Å²) < 4.78 is 6.96. The maximum atomic E-state index is 4.28. The molecule has 0 amide bonds. The number of hydrogen-bond donors (Lipinski definition) is 1. The molecule has 0 aliphatic carbocycles. The molecule has 0 saturated heterocycles. The van der Waals surface area contributed by atoms with Crippen molar-refractivity contribution in [3.05, 3.63) is 26.9 Å². The molecule has 2 aromatic heterocycles. The van der Waals surface area contributed by atoms with E-state index in [1.165, 1.54) is 16.4 Å². The minimum Gasteiger partial charge on any atom is -0.304 e. The van der Waals surface area contributed by atoms with Gasteiger partial charge in [-0.25, -0.2) is 0 Å². The van der Waals surface area contributed by atoms with Crippen molar-refractivity contribution in [3.8, 4) is 0 Å². The lowest BCUT2D eigenvalue weighted by atomic mass is 10.1. The van der Waals surface area contributed by atoms with E-state index in [0.29, 0.717) is 0 Å². The molecule has 0 spiro atoms. The summed E-state index contributed by atoms with van der Waals surface area (Å²) in [6, 6.07) is 0.0897. The van der Waals surface area contributed by atoms with E-state index >= 15 is 0 Å². The third kappa shape index (κ3) is 2.48. The molecule has 1 atom stereocenters. The van der Waals surface area contributed by atoms with Gasteiger partial charge in [-0.2, -0.15) is 5.10 Å². The number of halogens is 1. The maximum Gasteiger partial charge on any atom is 0.0888 e. The van der Waals surface area contributed by atoms with E-state index in [4.69, 9.17) is 0 Å². The van der Waals surface area contributed by atoms with E-state index in [2.05, 4.69) is 49.8 Å². The van der Waals surface area contributed by atoms with Gasteiger partial charge in [0.15, 0.2) is 0 Å². The van der Waals surface area contributed by atoms with Crippen molar-refractivity contribution in [3.63, 3.8) is 0 Å². The van der Waals surface area contributed by atoms with Crippen LogP contribution in [-0.4, -0.2) is 25.9 Å². The summed E-state index contributed by atoms with van der Waals surface area (Å²) in [6.07, 6.45) is 2.71. The third-order valence-corrected chi connectivity index (χ3v) is 4.24. The van der Waals surface area contributed by atoms with Gasteiger partial charge in [-0.1, -0.05) is 18.3 Å². The number of aromatic nitrogens is 4. The first-order valence-corrected chi connectivity index (χ1v) is 7.47. The summed E-state index contributed by atoms with van der Waals surface area (Å²) in [5.41, 5.74) is 2.16. The SMILES string of the molecule is CCNC(c1snnc1CC)c1c(Br)cnn1C. The van der Waals surface area contributed by atoms with Crippen LogP contribution in [0, 0.1) is 0 Å². The zero-order valence-corrected chi connectivity index (χ0v) is 13.0. The largest absolute Gasteiger partial charge is 0.304 e. The smallest absolute Gasteiger partial charge is 0.0888 e. The van der Waals surface area contributed by atoms with Crippen LogP contribution in [0.1, 0.15) is 36.2 Å². The first kappa shape index (κ1) is 13.6.